The standard InChI is InChI=1S/C24H34N4O3/c1-20-2-5-25-23(16-20)31-15-12-27-6-3-22(19-27)17-21-4-7-28(24(29)18-21)9-8-26-10-13-30-14-11-26/h2,4-5,7,16,18,22H,3,6,8-15,17,19H2,1H3. The van der Waals surface area contributed by atoms with Crippen molar-refractivity contribution in [1.29, 1.82) is 0 Å². The van der Waals surface area contributed by atoms with E-state index in [-0.39, 0.29) is 5.56 Å². The predicted molar refractivity (Wildman–Crippen MR) is 121 cm³/mol. The molecule has 0 aliphatic carbocycles. The van der Waals surface area contributed by atoms with Gasteiger partial charge >= 0.3 is 0 Å². The van der Waals surface area contributed by atoms with Crippen LogP contribution in [0.3, 0.4) is 0 Å². The van der Waals surface area contributed by atoms with E-state index in [0.29, 0.717) is 18.4 Å². The average Bonchev–Trinajstić information content (AvgIpc) is 3.21. The van der Waals surface area contributed by atoms with Crippen molar-refractivity contribution in [2.45, 2.75) is 26.3 Å². The number of aromatic nitrogens is 2. The SMILES string of the molecule is Cc1ccnc(OCCN2CCC(Cc3ccn(CCN4CCOCC4)c(=O)c3)C2)c1. The van der Waals surface area contributed by atoms with E-state index >= 15 is 0 Å². The highest BCUT2D eigenvalue weighted by molar-refractivity contribution is 5.18. The summed E-state index contributed by atoms with van der Waals surface area (Å²) in [6, 6.07) is 7.89. The third-order valence-corrected chi connectivity index (χ3v) is 6.26. The largest absolute Gasteiger partial charge is 0.476 e. The molecule has 31 heavy (non-hydrogen) atoms. The van der Waals surface area contributed by atoms with Gasteiger partial charge in [0, 0.05) is 63.8 Å². The molecule has 7 nitrogen and oxygen atoms in total. The fraction of sp³-hybridized carbons (Fsp3) is 0.583. The van der Waals surface area contributed by atoms with Crippen LogP contribution in [-0.2, 0) is 17.7 Å². The second-order valence-corrected chi connectivity index (χ2v) is 8.70. The lowest BCUT2D eigenvalue weighted by atomic mass is 9.99. The first-order chi connectivity index (χ1) is 15.2. The normalized spacial score (nSPS) is 20.2. The van der Waals surface area contributed by atoms with Crippen LogP contribution in [0.15, 0.2) is 41.5 Å². The van der Waals surface area contributed by atoms with E-state index in [1.807, 2.05) is 35.9 Å². The highest BCUT2D eigenvalue weighted by Gasteiger charge is 2.22. The Morgan fingerprint density at radius 3 is 2.77 bits per heavy atom. The van der Waals surface area contributed by atoms with Gasteiger partial charge in [-0.05, 0) is 55.5 Å². The molecule has 4 rings (SSSR count). The molecule has 0 saturated carbocycles. The van der Waals surface area contributed by atoms with Crippen LogP contribution < -0.4 is 10.3 Å². The molecule has 0 bridgehead atoms. The second-order valence-electron chi connectivity index (χ2n) is 8.70. The van der Waals surface area contributed by atoms with Crippen LogP contribution >= 0.6 is 0 Å². The maximum atomic E-state index is 12.5. The molecule has 4 heterocycles. The van der Waals surface area contributed by atoms with Crippen LogP contribution in [0.4, 0.5) is 0 Å². The van der Waals surface area contributed by atoms with Crippen LogP contribution in [0, 0.1) is 12.8 Å². The summed E-state index contributed by atoms with van der Waals surface area (Å²) < 4.78 is 13.0. The summed E-state index contributed by atoms with van der Waals surface area (Å²) in [5.74, 6) is 1.30. The van der Waals surface area contributed by atoms with Crippen molar-refractivity contribution in [3.63, 3.8) is 0 Å². The van der Waals surface area contributed by atoms with Crippen LogP contribution in [0.25, 0.3) is 0 Å². The average molecular weight is 427 g/mol. The van der Waals surface area contributed by atoms with Gasteiger partial charge in [0.05, 0.1) is 13.2 Å². The lowest BCUT2D eigenvalue weighted by Crippen LogP contribution is -2.39. The van der Waals surface area contributed by atoms with Gasteiger partial charge in [-0.2, -0.15) is 0 Å². The number of nitrogens with zero attached hydrogens (tertiary/aromatic N) is 4. The highest BCUT2D eigenvalue weighted by Crippen LogP contribution is 2.20. The van der Waals surface area contributed by atoms with Gasteiger partial charge in [0.2, 0.25) is 5.88 Å². The molecule has 2 aromatic heterocycles. The van der Waals surface area contributed by atoms with Gasteiger partial charge in [0.1, 0.15) is 6.61 Å². The van der Waals surface area contributed by atoms with Gasteiger partial charge in [-0.3, -0.25) is 14.6 Å². The molecular weight excluding hydrogens is 392 g/mol. The van der Waals surface area contributed by atoms with Gasteiger partial charge in [0.25, 0.3) is 5.56 Å². The lowest BCUT2D eigenvalue weighted by molar-refractivity contribution is 0.0363. The van der Waals surface area contributed by atoms with E-state index < -0.39 is 0 Å². The summed E-state index contributed by atoms with van der Waals surface area (Å²) >= 11 is 0. The van der Waals surface area contributed by atoms with E-state index in [1.165, 1.54) is 6.42 Å². The predicted octanol–water partition coefficient (Wildman–Crippen LogP) is 1.83. The van der Waals surface area contributed by atoms with Crippen molar-refractivity contribution in [2.24, 2.45) is 5.92 Å². The zero-order chi connectivity index (χ0) is 21.5. The van der Waals surface area contributed by atoms with E-state index in [1.54, 1.807) is 6.20 Å². The van der Waals surface area contributed by atoms with Crippen LogP contribution in [0.1, 0.15) is 17.5 Å². The van der Waals surface area contributed by atoms with Gasteiger partial charge in [-0.15, -0.1) is 0 Å². The molecule has 1 atom stereocenters. The number of pyridine rings is 2. The molecule has 2 aromatic rings. The quantitative estimate of drug-likeness (QED) is 0.610. The molecule has 2 aliphatic rings. The maximum absolute atomic E-state index is 12.5. The first kappa shape index (κ1) is 22.0. The summed E-state index contributed by atoms with van der Waals surface area (Å²) in [5.41, 5.74) is 2.42. The Hall–Kier alpha value is -2.22. The zero-order valence-corrected chi connectivity index (χ0v) is 18.5. The Bertz CT molecular complexity index is 894. The van der Waals surface area contributed by atoms with Gasteiger partial charge in [0.15, 0.2) is 0 Å². The number of rotatable bonds is 9. The van der Waals surface area contributed by atoms with Crippen molar-refractivity contribution >= 4 is 0 Å². The van der Waals surface area contributed by atoms with Crippen molar-refractivity contribution in [3.8, 4) is 5.88 Å². The topological polar surface area (TPSA) is 59.8 Å². The van der Waals surface area contributed by atoms with E-state index in [0.717, 1.165) is 76.6 Å². The molecule has 0 spiro atoms. The highest BCUT2D eigenvalue weighted by atomic mass is 16.5. The number of likely N-dealkylation sites (tertiary alicyclic amines) is 1. The molecule has 168 valence electrons. The minimum absolute atomic E-state index is 0.111. The van der Waals surface area contributed by atoms with E-state index in [4.69, 9.17) is 9.47 Å². The monoisotopic (exact) mass is 426 g/mol. The fourth-order valence-corrected chi connectivity index (χ4v) is 4.42. The van der Waals surface area contributed by atoms with E-state index in [2.05, 4.69) is 20.9 Å². The molecule has 0 aromatic carbocycles. The van der Waals surface area contributed by atoms with Crippen LogP contribution in [0.5, 0.6) is 5.88 Å². The fourth-order valence-electron chi connectivity index (χ4n) is 4.42. The Labute approximate surface area is 184 Å². The molecule has 1 unspecified atom stereocenters. The minimum atomic E-state index is 0.111. The lowest BCUT2D eigenvalue weighted by Gasteiger charge is -2.26. The number of ether oxygens (including phenoxy) is 2. The minimum Gasteiger partial charge on any atom is -0.476 e. The van der Waals surface area contributed by atoms with Crippen molar-refractivity contribution in [1.82, 2.24) is 19.4 Å². The molecule has 2 saturated heterocycles. The second kappa shape index (κ2) is 10.9. The number of hydrogen-bond donors (Lipinski definition) is 0. The summed E-state index contributed by atoms with van der Waals surface area (Å²) in [7, 11) is 0. The molecule has 2 fully saturated rings. The molecule has 7 heteroatoms. The Morgan fingerprint density at radius 2 is 1.97 bits per heavy atom. The van der Waals surface area contributed by atoms with Crippen molar-refractivity contribution in [3.05, 3.63) is 58.1 Å². The molecule has 0 amide bonds. The molecular formula is C24H34N4O3. The van der Waals surface area contributed by atoms with E-state index in [9.17, 15) is 4.79 Å². The van der Waals surface area contributed by atoms with Crippen molar-refractivity contribution < 1.29 is 9.47 Å². The molecule has 0 N–H and O–H groups in total. The number of hydrogen-bond acceptors (Lipinski definition) is 6. The number of morpholine rings is 1. The smallest absolute Gasteiger partial charge is 0.250 e. The summed E-state index contributed by atoms with van der Waals surface area (Å²) in [6.07, 6.45) is 5.89. The Balaban J connectivity index is 1.19. The first-order valence-electron chi connectivity index (χ1n) is 11.4. The zero-order valence-electron chi connectivity index (χ0n) is 18.5. The first-order valence-corrected chi connectivity index (χ1v) is 11.4. The molecule has 0 radical (unpaired) electrons. The maximum Gasteiger partial charge on any atom is 0.250 e. The number of aryl methyl sites for hydroxylation is 1. The Kier molecular flexibility index (Phi) is 7.72. The molecule has 2 aliphatic heterocycles. The van der Waals surface area contributed by atoms with Gasteiger partial charge in [-0.25, -0.2) is 4.98 Å². The van der Waals surface area contributed by atoms with Gasteiger partial charge < -0.3 is 14.0 Å². The Morgan fingerprint density at radius 1 is 1.10 bits per heavy atom. The third-order valence-electron chi connectivity index (χ3n) is 6.26. The van der Waals surface area contributed by atoms with Crippen LogP contribution in [-0.4, -0.2) is 78.4 Å². The third kappa shape index (κ3) is 6.63. The van der Waals surface area contributed by atoms with Gasteiger partial charge in [-0.1, -0.05) is 0 Å². The summed E-state index contributed by atoms with van der Waals surface area (Å²) in [4.78, 5) is 21.6. The summed E-state index contributed by atoms with van der Waals surface area (Å²) in [6.45, 7) is 10.9. The summed E-state index contributed by atoms with van der Waals surface area (Å²) in [5, 5.41) is 0. The van der Waals surface area contributed by atoms with Crippen molar-refractivity contribution in [2.75, 3.05) is 59.1 Å². The van der Waals surface area contributed by atoms with Crippen LogP contribution in [0.2, 0.25) is 0 Å².